The van der Waals surface area contributed by atoms with E-state index >= 15 is 0 Å². The summed E-state index contributed by atoms with van der Waals surface area (Å²) < 4.78 is 11.3. The molecule has 18 heavy (non-hydrogen) atoms. The van der Waals surface area contributed by atoms with Gasteiger partial charge in [0.2, 0.25) is 0 Å². The molecule has 2 aromatic heterocycles. The number of nitrogens with two attached hydrogens (primary N) is 1. The van der Waals surface area contributed by atoms with Gasteiger partial charge in [-0.05, 0) is 6.54 Å². The standard InChI is InChI=1S/C9H13N7O2/c1-17-8-11-7(12-9(13-8)18-2)16-5-6(3-4-10)14-15-16/h5H,3-4,10H2,1-2H3. The molecule has 0 radical (unpaired) electrons. The zero-order chi connectivity index (χ0) is 13.0. The van der Waals surface area contributed by atoms with Gasteiger partial charge in [-0.15, -0.1) is 10.1 Å². The van der Waals surface area contributed by atoms with Crippen molar-refractivity contribution in [2.45, 2.75) is 6.42 Å². The minimum atomic E-state index is 0.146. The largest absolute Gasteiger partial charge is 0.467 e. The molecule has 2 heterocycles. The van der Waals surface area contributed by atoms with Crippen LogP contribution in [0.1, 0.15) is 5.69 Å². The first-order chi connectivity index (χ1) is 8.76. The SMILES string of the molecule is COc1nc(OC)nc(-n2cc(CCN)nn2)n1. The van der Waals surface area contributed by atoms with Crippen molar-refractivity contribution in [3.63, 3.8) is 0 Å². The maximum atomic E-state index is 5.44. The topological polar surface area (TPSA) is 114 Å². The predicted molar refractivity (Wildman–Crippen MR) is 60.6 cm³/mol. The van der Waals surface area contributed by atoms with Gasteiger partial charge in [-0.1, -0.05) is 5.21 Å². The van der Waals surface area contributed by atoms with Crippen LogP contribution in [-0.2, 0) is 6.42 Å². The Kier molecular flexibility index (Phi) is 3.63. The Hall–Kier alpha value is -2.29. The van der Waals surface area contributed by atoms with E-state index in [1.54, 1.807) is 6.20 Å². The molecule has 0 spiro atoms. The van der Waals surface area contributed by atoms with Crippen LogP contribution in [0, 0.1) is 0 Å². The molecule has 0 saturated heterocycles. The van der Waals surface area contributed by atoms with Crippen LogP contribution in [0.25, 0.3) is 5.95 Å². The molecule has 0 aromatic carbocycles. The summed E-state index contributed by atoms with van der Waals surface area (Å²) in [5.41, 5.74) is 6.20. The van der Waals surface area contributed by atoms with E-state index in [2.05, 4.69) is 25.3 Å². The molecule has 0 bridgehead atoms. The van der Waals surface area contributed by atoms with Crippen molar-refractivity contribution in [3.8, 4) is 18.0 Å². The summed E-state index contributed by atoms with van der Waals surface area (Å²) in [4.78, 5) is 12.0. The lowest BCUT2D eigenvalue weighted by molar-refractivity contribution is 0.338. The van der Waals surface area contributed by atoms with E-state index in [1.165, 1.54) is 18.9 Å². The number of hydrogen-bond acceptors (Lipinski definition) is 8. The van der Waals surface area contributed by atoms with E-state index < -0.39 is 0 Å². The third kappa shape index (κ3) is 2.51. The van der Waals surface area contributed by atoms with E-state index in [-0.39, 0.29) is 18.0 Å². The van der Waals surface area contributed by atoms with Crippen LogP contribution in [0.4, 0.5) is 0 Å². The van der Waals surface area contributed by atoms with E-state index in [0.29, 0.717) is 13.0 Å². The highest BCUT2D eigenvalue weighted by Gasteiger charge is 2.10. The van der Waals surface area contributed by atoms with Crippen LogP contribution in [0.2, 0.25) is 0 Å². The first-order valence-corrected chi connectivity index (χ1v) is 5.22. The van der Waals surface area contributed by atoms with E-state index in [0.717, 1.165) is 5.69 Å². The van der Waals surface area contributed by atoms with Gasteiger partial charge in [-0.3, -0.25) is 0 Å². The molecule has 0 aliphatic heterocycles. The molecule has 2 rings (SSSR count). The number of methoxy groups -OCH3 is 2. The summed E-state index contributed by atoms with van der Waals surface area (Å²) in [6.45, 7) is 0.503. The highest BCUT2D eigenvalue weighted by Crippen LogP contribution is 2.11. The lowest BCUT2D eigenvalue weighted by Crippen LogP contribution is -2.07. The minimum Gasteiger partial charge on any atom is -0.467 e. The fourth-order valence-electron chi connectivity index (χ4n) is 1.27. The first-order valence-electron chi connectivity index (χ1n) is 5.22. The van der Waals surface area contributed by atoms with Crippen molar-refractivity contribution in [1.82, 2.24) is 29.9 Å². The molecule has 0 amide bonds. The molecule has 0 aliphatic carbocycles. The lowest BCUT2D eigenvalue weighted by Gasteiger charge is -2.03. The number of rotatable bonds is 5. The summed E-state index contributed by atoms with van der Waals surface area (Å²) in [6.07, 6.45) is 2.33. The van der Waals surface area contributed by atoms with Crippen LogP contribution < -0.4 is 15.2 Å². The lowest BCUT2D eigenvalue weighted by atomic mass is 10.3. The fourth-order valence-corrected chi connectivity index (χ4v) is 1.27. The van der Waals surface area contributed by atoms with Gasteiger partial charge in [0, 0.05) is 6.42 Å². The highest BCUT2D eigenvalue weighted by molar-refractivity contribution is 5.16. The van der Waals surface area contributed by atoms with Crippen LogP contribution in [0.15, 0.2) is 6.20 Å². The average molecular weight is 251 g/mol. The molecule has 0 saturated carbocycles. The number of ether oxygens (including phenoxy) is 2. The molecule has 9 nitrogen and oxygen atoms in total. The van der Waals surface area contributed by atoms with Crippen molar-refractivity contribution in [2.24, 2.45) is 5.73 Å². The van der Waals surface area contributed by atoms with Crippen molar-refractivity contribution in [3.05, 3.63) is 11.9 Å². The Labute approximate surface area is 103 Å². The molecule has 2 N–H and O–H groups in total. The molecule has 0 fully saturated rings. The Morgan fingerprint density at radius 3 is 2.39 bits per heavy atom. The van der Waals surface area contributed by atoms with Crippen LogP contribution >= 0.6 is 0 Å². The van der Waals surface area contributed by atoms with Crippen molar-refractivity contribution in [2.75, 3.05) is 20.8 Å². The summed E-state index contributed by atoms with van der Waals surface area (Å²) in [7, 11) is 2.92. The second-order valence-electron chi connectivity index (χ2n) is 3.30. The molecule has 9 heteroatoms. The smallest absolute Gasteiger partial charge is 0.324 e. The van der Waals surface area contributed by atoms with Crippen LogP contribution in [0.5, 0.6) is 12.0 Å². The Morgan fingerprint density at radius 2 is 1.83 bits per heavy atom. The molecule has 0 unspecified atom stereocenters. The average Bonchev–Trinajstić information content (AvgIpc) is 2.87. The second-order valence-corrected chi connectivity index (χ2v) is 3.30. The predicted octanol–water partition coefficient (Wildman–Crippen LogP) is -1.03. The number of hydrogen-bond donors (Lipinski definition) is 1. The van der Waals surface area contributed by atoms with Crippen LogP contribution in [0.3, 0.4) is 0 Å². The zero-order valence-corrected chi connectivity index (χ0v) is 10.1. The van der Waals surface area contributed by atoms with E-state index in [9.17, 15) is 0 Å². The Bertz CT molecular complexity index is 505. The van der Waals surface area contributed by atoms with Gasteiger partial charge in [-0.2, -0.15) is 14.6 Å². The van der Waals surface area contributed by atoms with Gasteiger partial charge in [0.15, 0.2) is 0 Å². The first kappa shape index (κ1) is 12.2. The van der Waals surface area contributed by atoms with Crippen molar-refractivity contribution < 1.29 is 9.47 Å². The molecule has 0 aliphatic rings. The minimum absolute atomic E-state index is 0.146. The van der Waals surface area contributed by atoms with E-state index in [1.807, 2.05) is 0 Å². The summed E-state index contributed by atoms with van der Waals surface area (Å²) >= 11 is 0. The maximum Gasteiger partial charge on any atom is 0.324 e. The molecular weight excluding hydrogens is 238 g/mol. The van der Waals surface area contributed by atoms with Gasteiger partial charge in [0.1, 0.15) is 0 Å². The van der Waals surface area contributed by atoms with Gasteiger partial charge < -0.3 is 15.2 Å². The van der Waals surface area contributed by atoms with Gasteiger partial charge >= 0.3 is 12.0 Å². The summed E-state index contributed by atoms with van der Waals surface area (Å²) in [6, 6.07) is 0.292. The Balaban J connectivity index is 2.35. The fraction of sp³-hybridized carbons (Fsp3) is 0.444. The van der Waals surface area contributed by atoms with Gasteiger partial charge in [0.05, 0.1) is 26.1 Å². The summed E-state index contributed by atoms with van der Waals surface area (Å²) in [5, 5.41) is 7.85. The monoisotopic (exact) mass is 251 g/mol. The van der Waals surface area contributed by atoms with Crippen LogP contribution in [-0.4, -0.2) is 50.7 Å². The summed E-state index contributed by atoms with van der Waals surface area (Å²) in [5.74, 6) is 0.273. The Morgan fingerprint density at radius 1 is 1.17 bits per heavy atom. The quantitative estimate of drug-likeness (QED) is 0.717. The third-order valence-corrected chi connectivity index (χ3v) is 2.09. The van der Waals surface area contributed by atoms with Crippen molar-refractivity contribution in [1.29, 1.82) is 0 Å². The van der Waals surface area contributed by atoms with Gasteiger partial charge in [-0.25, -0.2) is 0 Å². The third-order valence-electron chi connectivity index (χ3n) is 2.09. The maximum absolute atomic E-state index is 5.44. The molecule has 96 valence electrons. The number of nitrogens with zero attached hydrogens (tertiary/aromatic N) is 6. The molecular formula is C9H13N7O2. The highest BCUT2D eigenvalue weighted by atomic mass is 16.5. The molecule has 2 aromatic rings. The zero-order valence-electron chi connectivity index (χ0n) is 10.1. The number of aromatic nitrogens is 6. The van der Waals surface area contributed by atoms with Crippen molar-refractivity contribution >= 4 is 0 Å². The van der Waals surface area contributed by atoms with E-state index in [4.69, 9.17) is 15.2 Å². The normalized spacial score (nSPS) is 10.4. The second kappa shape index (κ2) is 5.36. The van der Waals surface area contributed by atoms with Gasteiger partial charge in [0.25, 0.3) is 5.95 Å². The molecule has 0 atom stereocenters.